The zero-order valence-corrected chi connectivity index (χ0v) is 27.4. The molecule has 5 rings (SSSR count). The first-order valence-electron chi connectivity index (χ1n) is 13.9. The number of aromatic nitrogens is 1. The van der Waals surface area contributed by atoms with Gasteiger partial charge in [-0.25, -0.2) is 4.99 Å². The molecule has 3 aromatic carbocycles. The van der Waals surface area contributed by atoms with Gasteiger partial charge in [-0.05, 0) is 83.7 Å². The van der Waals surface area contributed by atoms with Crippen molar-refractivity contribution in [1.82, 2.24) is 9.47 Å². The van der Waals surface area contributed by atoms with Gasteiger partial charge >= 0.3 is 0 Å². The minimum absolute atomic E-state index is 0.139. The molecular weight excluding hydrogens is 650 g/mol. The molecule has 0 fully saturated rings. The van der Waals surface area contributed by atoms with Gasteiger partial charge in [0, 0.05) is 18.1 Å². The number of fused-ring (bicyclic) bond motifs is 1. The number of thiazole rings is 1. The number of rotatable bonds is 9. The third kappa shape index (κ3) is 6.34. The molecule has 4 aromatic rings. The van der Waals surface area contributed by atoms with Crippen molar-refractivity contribution >= 4 is 50.9 Å². The van der Waals surface area contributed by atoms with Gasteiger partial charge in [-0.15, -0.1) is 0 Å². The standard InChI is InChI=1S/C33H31BrClN3O4S/c1-5-37(6-2)32(40)28-20(3)36-33-38(29(28)23-12-14-24(35)15-13-23)31(39)27(43-33)18-22-16-25(34)30(26(17-22)41-4)42-19-21-10-8-7-9-11-21/h7-18,29H,5-6,19H2,1-4H3/b27-18+/t29-/m1/s1. The predicted molar refractivity (Wildman–Crippen MR) is 175 cm³/mol. The number of likely N-dealkylation sites (N-methyl/N-ethyl adjacent to an activating group) is 1. The quantitative estimate of drug-likeness (QED) is 0.214. The van der Waals surface area contributed by atoms with Gasteiger partial charge < -0.3 is 14.4 Å². The van der Waals surface area contributed by atoms with Crippen molar-refractivity contribution in [2.75, 3.05) is 20.2 Å². The number of hydrogen-bond donors (Lipinski definition) is 0. The summed E-state index contributed by atoms with van der Waals surface area (Å²) < 4.78 is 14.5. The third-order valence-electron chi connectivity index (χ3n) is 7.26. The fourth-order valence-corrected chi connectivity index (χ4v) is 6.83. The lowest BCUT2D eigenvalue weighted by Gasteiger charge is -2.29. The third-order valence-corrected chi connectivity index (χ3v) is 9.09. The van der Waals surface area contributed by atoms with E-state index in [2.05, 4.69) is 15.9 Å². The second-order valence-electron chi connectivity index (χ2n) is 9.92. The van der Waals surface area contributed by atoms with Gasteiger partial charge in [0.15, 0.2) is 16.3 Å². The molecule has 1 aromatic heterocycles. The van der Waals surface area contributed by atoms with Crippen LogP contribution in [0, 0.1) is 0 Å². The Hall–Kier alpha value is -3.66. The molecule has 7 nitrogen and oxygen atoms in total. The first-order chi connectivity index (χ1) is 20.7. The maximum absolute atomic E-state index is 14.1. The van der Waals surface area contributed by atoms with Crippen molar-refractivity contribution < 1.29 is 14.3 Å². The molecule has 1 aliphatic rings. The Balaban J connectivity index is 1.60. The summed E-state index contributed by atoms with van der Waals surface area (Å²) in [6.07, 6.45) is 1.81. The zero-order valence-electron chi connectivity index (χ0n) is 24.3. The minimum atomic E-state index is -0.640. The van der Waals surface area contributed by atoms with E-state index in [1.165, 1.54) is 11.3 Å². The Morgan fingerprint density at radius 2 is 1.81 bits per heavy atom. The van der Waals surface area contributed by atoms with E-state index in [0.29, 0.717) is 61.3 Å². The SMILES string of the molecule is CCN(CC)C(=O)C1=C(C)N=c2s/c(=C/c3cc(Br)c(OCc4ccccc4)c(OC)c3)c(=O)n2[C@@H]1c1ccc(Cl)cc1. The van der Waals surface area contributed by atoms with Crippen LogP contribution in [0.1, 0.15) is 43.5 Å². The lowest BCUT2D eigenvalue weighted by Crippen LogP contribution is -2.43. The van der Waals surface area contributed by atoms with Crippen LogP contribution in [-0.2, 0) is 11.4 Å². The van der Waals surface area contributed by atoms with Gasteiger partial charge in [0.2, 0.25) is 0 Å². The summed E-state index contributed by atoms with van der Waals surface area (Å²) in [5.74, 6) is 0.967. The summed E-state index contributed by atoms with van der Waals surface area (Å²) >= 11 is 11.1. The molecule has 10 heteroatoms. The number of allylic oxidation sites excluding steroid dienone is 1. The molecule has 0 radical (unpaired) electrons. The summed E-state index contributed by atoms with van der Waals surface area (Å²) in [6, 6.07) is 20.2. The molecule has 0 saturated carbocycles. The largest absolute Gasteiger partial charge is 0.493 e. The van der Waals surface area contributed by atoms with Gasteiger partial charge in [0.1, 0.15) is 6.61 Å². The highest BCUT2D eigenvalue weighted by Gasteiger charge is 2.34. The fourth-order valence-electron chi connectivity index (χ4n) is 5.08. The van der Waals surface area contributed by atoms with E-state index >= 15 is 0 Å². The Labute approximate surface area is 267 Å². The summed E-state index contributed by atoms with van der Waals surface area (Å²) in [4.78, 5) is 34.8. The zero-order chi connectivity index (χ0) is 30.7. The van der Waals surface area contributed by atoms with E-state index < -0.39 is 6.04 Å². The van der Waals surface area contributed by atoms with Gasteiger partial charge in [-0.3, -0.25) is 14.2 Å². The highest BCUT2D eigenvalue weighted by atomic mass is 79.9. The lowest BCUT2D eigenvalue weighted by molar-refractivity contribution is -0.127. The Kier molecular flexibility index (Phi) is 9.54. The van der Waals surface area contributed by atoms with Gasteiger partial charge in [0.05, 0.1) is 33.4 Å². The van der Waals surface area contributed by atoms with Crippen LogP contribution in [-0.4, -0.2) is 35.6 Å². The van der Waals surface area contributed by atoms with Gasteiger partial charge in [-0.2, -0.15) is 0 Å². The van der Waals surface area contributed by atoms with Crippen molar-refractivity contribution in [1.29, 1.82) is 0 Å². The van der Waals surface area contributed by atoms with Crippen molar-refractivity contribution in [2.24, 2.45) is 4.99 Å². The average molecular weight is 681 g/mol. The molecule has 1 amide bonds. The van der Waals surface area contributed by atoms with E-state index in [1.807, 2.05) is 81.4 Å². The molecular formula is C33H31BrClN3O4S. The molecule has 1 aliphatic heterocycles. The second kappa shape index (κ2) is 13.3. The van der Waals surface area contributed by atoms with E-state index in [9.17, 15) is 9.59 Å². The molecule has 0 aliphatic carbocycles. The van der Waals surface area contributed by atoms with Crippen LogP contribution in [0.3, 0.4) is 0 Å². The van der Waals surface area contributed by atoms with Crippen LogP contribution in [0.25, 0.3) is 6.08 Å². The molecule has 2 heterocycles. The maximum Gasteiger partial charge on any atom is 0.271 e. The van der Waals surface area contributed by atoms with E-state index in [-0.39, 0.29) is 11.5 Å². The first kappa shape index (κ1) is 30.8. The maximum atomic E-state index is 14.1. The number of benzene rings is 3. The number of carbonyl (C=O) groups excluding carboxylic acids is 1. The van der Waals surface area contributed by atoms with Gasteiger partial charge in [0.25, 0.3) is 11.5 Å². The number of methoxy groups -OCH3 is 1. The lowest BCUT2D eigenvalue weighted by atomic mass is 9.94. The summed E-state index contributed by atoms with van der Waals surface area (Å²) in [5.41, 5.74) is 3.40. The Bertz CT molecular complexity index is 1860. The fraction of sp³-hybridized carbons (Fsp3) is 0.242. The summed E-state index contributed by atoms with van der Waals surface area (Å²) in [7, 11) is 1.58. The van der Waals surface area contributed by atoms with Crippen molar-refractivity contribution in [3.05, 3.63) is 124 Å². The van der Waals surface area contributed by atoms with Crippen LogP contribution in [0.4, 0.5) is 0 Å². The van der Waals surface area contributed by atoms with Crippen LogP contribution in [0.2, 0.25) is 5.02 Å². The molecule has 0 spiro atoms. The van der Waals surface area contributed by atoms with Crippen molar-refractivity contribution in [3.8, 4) is 11.5 Å². The molecule has 0 bridgehead atoms. The first-order valence-corrected chi connectivity index (χ1v) is 15.9. The summed E-state index contributed by atoms with van der Waals surface area (Å²) in [5, 5.41) is 0.573. The number of nitrogens with zero attached hydrogens (tertiary/aromatic N) is 3. The van der Waals surface area contributed by atoms with Crippen molar-refractivity contribution in [3.63, 3.8) is 0 Å². The predicted octanol–water partition coefficient (Wildman–Crippen LogP) is 6.11. The number of carbonyl (C=O) groups is 1. The Morgan fingerprint density at radius 3 is 2.47 bits per heavy atom. The van der Waals surface area contributed by atoms with E-state index in [1.54, 1.807) is 28.7 Å². The monoisotopic (exact) mass is 679 g/mol. The molecule has 0 N–H and O–H groups in total. The smallest absolute Gasteiger partial charge is 0.271 e. The molecule has 1 atom stereocenters. The number of halogens is 2. The Morgan fingerprint density at radius 1 is 1.12 bits per heavy atom. The molecule has 222 valence electrons. The van der Waals surface area contributed by atoms with Crippen LogP contribution in [0.5, 0.6) is 11.5 Å². The van der Waals surface area contributed by atoms with Crippen molar-refractivity contribution in [2.45, 2.75) is 33.4 Å². The summed E-state index contributed by atoms with van der Waals surface area (Å²) in [6.45, 7) is 7.18. The normalized spacial score (nSPS) is 14.7. The second-order valence-corrected chi connectivity index (χ2v) is 12.2. The average Bonchev–Trinajstić information content (AvgIpc) is 3.30. The molecule has 43 heavy (non-hydrogen) atoms. The molecule has 0 saturated heterocycles. The van der Waals surface area contributed by atoms with Crippen LogP contribution in [0.15, 0.2) is 92.3 Å². The topological polar surface area (TPSA) is 73.1 Å². The van der Waals surface area contributed by atoms with Crippen LogP contribution >= 0.6 is 38.9 Å². The molecule has 0 unspecified atom stereocenters. The number of amides is 1. The number of ether oxygens (including phenoxy) is 2. The van der Waals surface area contributed by atoms with Gasteiger partial charge in [-0.1, -0.05) is 65.4 Å². The van der Waals surface area contributed by atoms with Crippen LogP contribution < -0.4 is 24.4 Å². The highest BCUT2D eigenvalue weighted by molar-refractivity contribution is 9.10. The number of hydrogen-bond acceptors (Lipinski definition) is 6. The highest BCUT2D eigenvalue weighted by Crippen LogP contribution is 2.37. The van der Waals surface area contributed by atoms with E-state index in [0.717, 1.165) is 16.7 Å². The van der Waals surface area contributed by atoms with E-state index in [4.69, 9.17) is 26.1 Å². The minimum Gasteiger partial charge on any atom is -0.493 e.